The second kappa shape index (κ2) is 6.13. The minimum absolute atomic E-state index is 0.110. The van der Waals surface area contributed by atoms with E-state index < -0.39 is 0 Å². The van der Waals surface area contributed by atoms with Gasteiger partial charge in [-0.25, -0.2) is 4.39 Å². The SMILES string of the molecule is CCNCc1c(F)cccc1SC(C)C. The average molecular weight is 227 g/mol. The molecular formula is C12H18FNS. The van der Waals surface area contributed by atoms with Crippen molar-refractivity contribution in [1.29, 1.82) is 0 Å². The molecule has 0 fully saturated rings. The molecule has 3 heteroatoms. The summed E-state index contributed by atoms with van der Waals surface area (Å²) in [5, 5.41) is 3.64. The molecule has 84 valence electrons. The Morgan fingerprint density at radius 3 is 2.73 bits per heavy atom. The Morgan fingerprint density at radius 1 is 1.40 bits per heavy atom. The molecule has 0 aliphatic carbocycles. The van der Waals surface area contributed by atoms with E-state index in [9.17, 15) is 4.39 Å². The minimum Gasteiger partial charge on any atom is -0.313 e. The predicted octanol–water partition coefficient (Wildman–Crippen LogP) is 3.44. The molecule has 0 heterocycles. The van der Waals surface area contributed by atoms with Crippen LogP contribution in [0.3, 0.4) is 0 Å². The van der Waals surface area contributed by atoms with Crippen molar-refractivity contribution in [3.63, 3.8) is 0 Å². The Kier molecular flexibility index (Phi) is 5.12. The van der Waals surface area contributed by atoms with E-state index in [4.69, 9.17) is 0 Å². The third-order valence-corrected chi connectivity index (χ3v) is 3.10. The molecule has 1 aromatic rings. The Hall–Kier alpha value is -0.540. The summed E-state index contributed by atoms with van der Waals surface area (Å²) < 4.78 is 13.6. The van der Waals surface area contributed by atoms with Crippen LogP contribution in [0.15, 0.2) is 23.1 Å². The highest BCUT2D eigenvalue weighted by Crippen LogP contribution is 2.28. The van der Waals surface area contributed by atoms with Crippen LogP contribution in [0, 0.1) is 5.82 Å². The molecule has 0 unspecified atom stereocenters. The van der Waals surface area contributed by atoms with Gasteiger partial charge in [0.05, 0.1) is 0 Å². The van der Waals surface area contributed by atoms with E-state index in [1.165, 1.54) is 6.07 Å². The first kappa shape index (κ1) is 12.5. The van der Waals surface area contributed by atoms with Gasteiger partial charge in [-0.2, -0.15) is 0 Å². The van der Waals surface area contributed by atoms with Gasteiger partial charge in [-0.15, -0.1) is 11.8 Å². The topological polar surface area (TPSA) is 12.0 Å². The largest absolute Gasteiger partial charge is 0.313 e. The van der Waals surface area contributed by atoms with Crippen LogP contribution in [0.5, 0.6) is 0 Å². The first-order valence-electron chi connectivity index (χ1n) is 5.30. The second-order valence-corrected chi connectivity index (χ2v) is 5.28. The molecule has 1 rings (SSSR count). The lowest BCUT2D eigenvalue weighted by molar-refractivity contribution is 0.585. The lowest BCUT2D eigenvalue weighted by Crippen LogP contribution is -2.14. The van der Waals surface area contributed by atoms with Crippen LogP contribution in [0.4, 0.5) is 4.39 Å². The summed E-state index contributed by atoms with van der Waals surface area (Å²) in [5.74, 6) is -0.110. The number of benzene rings is 1. The summed E-state index contributed by atoms with van der Waals surface area (Å²) in [4.78, 5) is 1.05. The molecule has 0 aromatic heterocycles. The van der Waals surface area contributed by atoms with Crippen LogP contribution in [0.1, 0.15) is 26.3 Å². The van der Waals surface area contributed by atoms with E-state index in [-0.39, 0.29) is 5.82 Å². The van der Waals surface area contributed by atoms with E-state index >= 15 is 0 Å². The molecule has 1 aromatic carbocycles. The summed E-state index contributed by atoms with van der Waals surface area (Å²) in [6, 6.07) is 5.28. The fraction of sp³-hybridized carbons (Fsp3) is 0.500. The van der Waals surface area contributed by atoms with Crippen molar-refractivity contribution in [1.82, 2.24) is 5.32 Å². The zero-order valence-corrected chi connectivity index (χ0v) is 10.3. The Balaban J connectivity index is 2.87. The highest BCUT2D eigenvalue weighted by Gasteiger charge is 2.09. The third kappa shape index (κ3) is 3.84. The summed E-state index contributed by atoms with van der Waals surface area (Å²) in [7, 11) is 0. The summed E-state index contributed by atoms with van der Waals surface area (Å²) in [6.45, 7) is 7.73. The molecule has 0 aliphatic rings. The maximum absolute atomic E-state index is 13.6. The van der Waals surface area contributed by atoms with Crippen LogP contribution in [-0.2, 0) is 6.54 Å². The summed E-state index contributed by atoms with van der Waals surface area (Å²) in [5.41, 5.74) is 0.790. The van der Waals surface area contributed by atoms with Crippen LogP contribution in [0.25, 0.3) is 0 Å². The van der Waals surface area contributed by atoms with Crippen LogP contribution >= 0.6 is 11.8 Å². The molecule has 0 amide bonds. The van der Waals surface area contributed by atoms with Gasteiger partial charge in [0, 0.05) is 22.3 Å². The van der Waals surface area contributed by atoms with Crippen molar-refractivity contribution < 1.29 is 4.39 Å². The molecule has 0 radical (unpaired) electrons. The van der Waals surface area contributed by atoms with Gasteiger partial charge in [0.15, 0.2) is 0 Å². The number of nitrogens with one attached hydrogen (secondary N) is 1. The standard InChI is InChI=1S/C12H18FNS/c1-4-14-8-10-11(13)6-5-7-12(10)15-9(2)3/h5-7,9,14H,4,8H2,1-3H3. The number of rotatable bonds is 5. The summed E-state index contributed by atoms with van der Waals surface area (Å²) >= 11 is 1.71. The molecule has 1 N–H and O–H groups in total. The number of hydrogen-bond donors (Lipinski definition) is 1. The fourth-order valence-electron chi connectivity index (χ4n) is 1.32. The maximum atomic E-state index is 13.6. The van der Waals surface area contributed by atoms with Gasteiger partial charge in [-0.05, 0) is 18.7 Å². The smallest absolute Gasteiger partial charge is 0.128 e. The normalized spacial score (nSPS) is 11.0. The monoisotopic (exact) mass is 227 g/mol. The van der Waals surface area contributed by atoms with Crippen molar-refractivity contribution in [2.24, 2.45) is 0 Å². The summed E-state index contributed by atoms with van der Waals surface area (Å²) in [6.07, 6.45) is 0. The van der Waals surface area contributed by atoms with Crippen LogP contribution in [0.2, 0.25) is 0 Å². The van der Waals surface area contributed by atoms with Crippen molar-refractivity contribution >= 4 is 11.8 Å². The van der Waals surface area contributed by atoms with Gasteiger partial charge < -0.3 is 5.32 Å². The highest BCUT2D eigenvalue weighted by molar-refractivity contribution is 8.00. The first-order valence-corrected chi connectivity index (χ1v) is 6.17. The molecule has 0 bridgehead atoms. The quantitative estimate of drug-likeness (QED) is 0.773. The van der Waals surface area contributed by atoms with E-state index in [1.807, 2.05) is 13.0 Å². The second-order valence-electron chi connectivity index (χ2n) is 3.66. The number of thioether (sulfide) groups is 1. The van der Waals surface area contributed by atoms with Gasteiger partial charge in [0.25, 0.3) is 0 Å². The van der Waals surface area contributed by atoms with Crippen LogP contribution < -0.4 is 5.32 Å². The van der Waals surface area contributed by atoms with Crippen molar-refractivity contribution in [3.05, 3.63) is 29.6 Å². The van der Waals surface area contributed by atoms with E-state index in [0.29, 0.717) is 11.8 Å². The Bertz CT molecular complexity index is 312. The van der Waals surface area contributed by atoms with Crippen molar-refractivity contribution in [2.75, 3.05) is 6.54 Å². The molecule has 0 saturated heterocycles. The zero-order chi connectivity index (χ0) is 11.3. The van der Waals surface area contributed by atoms with Gasteiger partial charge in [0.2, 0.25) is 0 Å². The van der Waals surface area contributed by atoms with E-state index in [0.717, 1.165) is 17.0 Å². The molecule has 0 saturated carbocycles. The maximum Gasteiger partial charge on any atom is 0.128 e. The predicted molar refractivity (Wildman–Crippen MR) is 64.8 cm³/mol. The van der Waals surface area contributed by atoms with E-state index in [1.54, 1.807) is 17.8 Å². The average Bonchev–Trinajstić information content (AvgIpc) is 2.16. The number of halogens is 1. The van der Waals surface area contributed by atoms with Crippen LogP contribution in [-0.4, -0.2) is 11.8 Å². The van der Waals surface area contributed by atoms with Crippen molar-refractivity contribution in [2.45, 2.75) is 37.5 Å². The van der Waals surface area contributed by atoms with Gasteiger partial charge in [-0.1, -0.05) is 26.8 Å². The molecule has 0 atom stereocenters. The first-order chi connectivity index (χ1) is 7.15. The molecule has 15 heavy (non-hydrogen) atoms. The lowest BCUT2D eigenvalue weighted by atomic mass is 10.2. The Morgan fingerprint density at radius 2 is 2.13 bits per heavy atom. The van der Waals surface area contributed by atoms with Gasteiger partial charge in [0.1, 0.15) is 5.82 Å². The molecule has 1 nitrogen and oxygen atoms in total. The van der Waals surface area contributed by atoms with Gasteiger partial charge in [-0.3, -0.25) is 0 Å². The molecule has 0 aliphatic heterocycles. The molecule has 0 spiro atoms. The fourth-order valence-corrected chi connectivity index (χ4v) is 2.30. The van der Waals surface area contributed by atoms with Crippen molar-refractivity contribution in [3.8, 4) is 0 Å². The zero-order valence-electron chi connectivity index (χ0n) is 9.51. The van der Waals surface area contributed by atoms with E-state index in [2.05, 4.69) is 19.2 Å². The lowest BCUT2D eigenvalue weighted by Gasteiger charge is -2.12. The Labute approximate surface area is 95.5 Å². The number of hydrogen-bond acceptors (Lipinski definition) is 2. The molecular weight excluding hydrogens is 209 g/mol. The minimum atomic E-state index is -0.110. The van der Waals surface area contributed by atoms with Gasteiger partial charge >= 0.3 is 0 Å². The third-order valence-electron chi connectivity index (χ3n) is 1.99. The highest BCUT2D eigenvalue weighted by atomic mass is 32.2.